The van der Waals surface area contributed by atoms with E-state index in [-0.39, 0.29) is 5.91 Å². The lowest BCUT2D eigenvalue weighted by molar-refractivity contribution is -0.126. The highest BCUT2D eigenvalue weighted by Crippen LogP contribution is 2.35. The molecule has 3 nitrogen and oxygen atoms in total. The standard InChI is InChI=1S/C14H28N2O/c1-4-8-16-14(13(15)17)7-5-6-12(10-14)9-11(2)3/h11-12,16H,4-10H2,1-3H3,(H2,15,17). The van der Waals surface area contributed by atoms with E-state index in [0.29, 0.717) is 11.8 Å². The number of carbonyl (C=O) groups excluding carboxylic acids is 1. The van der Waals surface area contributed by atoms with E-state index in [1.54, 1.807) is 0 Å². The molecule has 1 fully saturated rings. The van der Waals surface area contributed by atoms with E-state index in [1.807, 2.05) is 0 Å². The Labute approximate surface area is 106 Å². The smallest absolute Gasteiger partial charge is 0.237 e. The summed E-state index contributed by atoms with van der Waals surface area (Å²) >= 11 is 0. The summed E-state index contributed by atoms with van der Waals surface area (Å²) in [5.74, 6) is 1.20. The fourth-order valence-electron chi connectivity index (χ4n) is 3.09. The Morgan fingerprint density at radius 1 is 1.53 bits per heavy atom. The lowest BCUT2D eigenvalue weighted by atomic mass is 9.72. The summed E-state index contributed by atoms with van der Waals surface area (Å²) in [6, 6.07) is 0. The summed E-state index contributed by atoms with van der Waals surface area (Å²) in [5.41, 5.74) is 5.21. The molecule has 1 rings (SSSR count). The van der Waals surface area contributed by atoms with Gasteiger partial charge in [0, 0.05) is 0 Å². The molecule has 0 bridgehead atoms. The first-order chi connectivity index (χ1) is 8.00. The fourth-order valence-corrected chi connectivity index (χ4v) is 3.09. The summed E-state index contributed by atoms with van der Waals surface area (Å²) in [4.78, 5) is 11.8. The van der Waals surface area contributed by atoms with Gasteiger partial charge in [0.2, 0.25) is 5.91 Å². The molecular formula is C14H28N2O. The maximum absolute atomic E-state index is 11.8. The van der Waals surface area contributed by atoms with Crippen LogP contribution in [0.2, 0.25) is 0 Å². The van der Waals surface area contributed by atoms with E-state index in [1.165, 1.54) is 12.8 Å². The van der Waals surface area contributed by atoms with Crippen molar-refractivity contribution in [3.8, 4) is 0 Å². The molecule has 100 valence electrons. The summed E-state index contributed by atoms with van der Waals surface area (Å²) in [5, 5.41) is 3.41. The lowest BCUT2D eigenvalue weighted by Gasteiger charge is -2.40. The Balaban J connectivity index is 2.66. The number of nitrogens with one attached hydrogen (secondary N) is 1. The van der Waals surface area contributed by atoms with Crippen LogP contribution in [0, 0.1) is 11.8 Å². The minimum Gasteiger partial charge on any atom is -0.368 e. The molecule has 0 aromatic heterocycles. The Hall–Kier alpha value is -0.570. The van der Waals surface area contributed by atoms with Crippen molar-refractivity contribution in [1.82, 2.24) is 5.32 Å². The second-order valence-corrected chi connectivity index (χ2v) is 5.97. The highest BCUT2D eigenvalue weighted by Gasteiger charge is 2.40. The van der Waals surface area contributed by atoms with Crippen LogP contribution in [0.1, 0.15) is 59.3 Å². The van der Waals surface area contributed by atoms with Crippen LogP contribution in [0.3, 0.4) is 0 Å². The molecule has 1 saturated carbocycles. The highest BCUT2D eigenvalue weighted by molar-refractivity contribution is 5.84. The predicted octanol–water partition coefficient (Wildman–Crippen LogP) is 2.45. The van der Waals surface area contributed by atoms with Gasteiger partial charge >= 0.3 is 0 Å². The molecule has 0 spiro atoms. The van der Waals surface area contributed by atoms with E-state index >= 15 is 0 Å². The molecular weight excluding hydrogens is 212 g/mol. The van der Waals surface area contributed by atoms with Crippen molar-refractivity contribution in [3.63, 3.8) is 0 Å². The summed E-state index contributed by atoms with van der Waals surface area (Å²) in [7, 11) is 0. The van der Waals surface area contributed by atoms with Crippen LogP contribution < -0.4 is 11.1 Å². The van der Waals surface area contributed by atoms with Gasteiger partial charge in [0.25, 0.3) is 0 Å². The number of rotatable bonds is 6. The summed E-state index contributed by atoms with van der Waals surface area (Å²) < 4.78 is 0. The molecule has 1 amide bonds. The van der Waals surface area contributed by atoms with Gasteiger partial charge in [-0.15, -0.1) is 0 Å². The molecule has 2 atom stereocenters. The van der Waals surface area contributed by atoms with Gasteiger partial charge in [0.15, 0.2) is 0 Å². The highest BCUT2D eigenvalue weighted by atomic mass is 16.1. The number of hydrogen-bond donors (Lipinski definition) is 2. The van der Waals surface area contributed by atoms with Crippen molar-refractivity contribution in [2.24, 2.45) is 17.6 Å². The third-order valence-electron chi connectivity index (χ3n) is 3.84. The van der Waals surface area contributed by atoms with Crippen LogP contribution >= 0.6 is 0 Å². The van der Waals surface area contributed by atoms with Gasteiger partial charge in [-0.3, -0.25) is 4.79 Å². The molecule has 3 heteroatoms. The van der Waals surface area contributed by atoms with Crippen molar-refractivity contribution in [2.75, 3.05) is 6.54 Å². The minimum absolute atomic E-state index is 0.153. The van der Waals surface area contributed by atoms with Crippen LogP contribution in [0.15, 0.2) is 0 Å². The maximum Gasteiger partial charge on any atom is 0.237 e. The van der Waals surface area contributed by atoms with Gasteiger partial charge in [-0.1, -0.05) is 33.6 Å². The Kier molecular flexibility index (Phi) is 5.44. The lowest BCUT2D eigenvalue weighted by Crippen LogP contribution is -2.58. The zero-order valence-electron chi connectivity index (χ0n) is 11.6. The first-order valence-corrected chi connectivity index (χ1v) is 7.05. The third-order valence-corrected chi connectivity index (χ3v) is 3.84. The molecule has 1 aliphatic rings. The van der Waals surface area contributed by atoms with Gasteiger partial charge in [-0.25, -0.2) is 0 Å². The predicted molar refractivity (Wildman–Crippen MR) is 71.6 cm³/mol. The van der Waals surface area contributed by atoms with Crippen molar-refractivity contribution in [2.45, 2.75) is 64.8 Å². The molecule has 0 aromatic carbocycles. The average Bonchev–Trinajstić information content (AvgIpc) is 2.25. The van der Waals surface area contributed by atoms with Gasteiger partial charge in [-0.2, -0.15) is 0 Å². The molecule has 17 heavy (non-hydrogen) atoms. The van der Waals surface area contributed by atoms with Crippen LogP contribution in [0.4, 0.5) is 0 Å². The van der Waals surface area contributed by atoms with E-state index in [0.717, 1.165) is 32.2 Å². The SMILES string of the molecule is CCCNC1(C(N)=O)CCCC(CC(C)C)C1. The van der Waals surface area contributed by atoms with Crippen molar-refractivity contribution < 1.29 is 4.79 Å². The zero-order valence-corrected chi connectivity index (χ0v) is 11.6. The van der Waals surface area contributed by atoms with Crippen LogP contribution in [-0.4, -0.2) is 18.0 Å². The quantitative estimate of drug-likeness (QED) is 0.749. The van der Waals surface area contributed by atoms with Gasteiger partial charge in [0.05, 0.1) is 5.54 Å². The molecule has 2 unspecified atom stereocenters. The van der Waals surface area contributed by atoms with E-state index < -0.39 is 5.54 Å². The second-order valence-electron chi connectivity index (χ2n) is 5.97. The van der Waals surface area contributed by atoms with Crippen molar-refractivity contribution in [3.05, 3.63) is 0 Å². The third kappa shape index (κ3) is 3.98. The molecule has 0 radical (unpaired) electrons. The van der Waals surface area contributed by atoms with Crippen molar-refractivity contribution in [1.29, 1.82) is 0 Å². The largest absolute Gasteiger partial charge is 0.368 e. The normalized spacial score (nSPS) is 29.5. The molecule has 1 aliphatic carbocycles. The monoisotopic (exact) mass is 240 g/mol. The number of amides is 1. The number of primary amides is 1. The molecule has 3 N–H and O–H groups in total. The van der Waals surface area contributed by atoms with Crippen LogP contribution in [0.5, 0.6) is 0 Å². The Morgan fingerprint density at radius 3 is 2.76 bits per heavy atom. The van der Waals surface area contributed by atoms with Gasteiger partial charge in [0.1, 0.15) is 0 Å². The van der Waals surface area contributed by atoms with E-state index in [2.05, 4.69) is 26.1 Å². The van der Waals surface area contributed by atoms with Gasteiger partial charge < -0.3 is 11.1 Å². The molecule has 0 aliphatic heterocycles. The summed E-state index contributed by atoms with van der Waals surface area (Å²) in [6.07, 6.45) is 6.47. The first kappa shape index (κ1) is 14.5. The van der Waals surface area contributed by atoms with E-state index in [4.69, 9.17) is 5.73 Å². The van der Waals surface area contributed by atoms with Crippen molar-refractivity contribution >= 4 is 5.91 Å². The number of nitrogens with two attached hydrogens (primary N) is 1. The van der Waals surface area contributed by atoms with Gasteiger partial charge in [-0.05, 0) is 44.1 Å². The van der Waals surface area contributed by atoms with E-state index in [9.17, 15) is 4.79 Å². The molecule has 0 saturated heterocycles. The Bertz CT molecular complexity index is 253. The number of carbonyl (C=O) groups is 1. The fraction of sp³-hybridized carbons (Fsp3) is 0.929. The van der Waals surface area contributed by atoms with Crippen LogP contribution in [-0.2, 0) is 4.79 Å². The zero-order chi connectivity index (χ0) is 12.9. The maximum atomic E-state index is 11.8. The average molecular weight is 240 g/mol. The topological polar surface area (TPSA) is 55.1 Å². The summed E-state index contributed by atoms with van der Waals surface area (Å²) in [6.45, 7) is 7.51. The molecule has 0 heterocycles. The first-order valence-electron chi connectivity index (χ1n) is 7.05. The molecule has 0 aromatic rings. The Morgan fingerprint density at radius 2 is 2.24 bits per heavy atom. The van der Waals surface area contributed by atoms with Crippen LogP contribution in [0.25, 0.3) is 0 Å². The number of hydrogen-bond acceptors (Lipinski definition) is 2. The second kappa shape index (κ2) is 6.39. The minimum atomic E-state index is -0.423.